The van der Waals surface area contributed by atoms with Crippen LogP contribution in [0.15, 0.2) is 73.1 Å². The number of aryl methyl sites for hydroxylation is 1. The summed E-state index contributed by atoms with van der Waals surface area (Å²) in [6.45, 7) is 2.12. The van der Waals surface area contributed by atoms with E-state index in [2.05, 4.69) is 35.1 Å². The predicted molar refractivity (Wildman–Crippen MR) is 124 cm³/mol. The van der Waals surface area contributed by atoms with Crippen LogP contribution in [0.3, 0.4) is 0 Å². The van der Waals surface area contributed by atoms with Gasteiger partial charge < -0.3 is 5.73 Å². The van der Waals surface area contributed by atoms with Crippen molar-refractivity contribution in [1.82, 2.24) is 24.5 Å². The Hall–Kier alpha value is -4.57. The van der Waals surface area contributed by atoms with Gasteiger partial charge in [0.2, 0.25) is 0 Å². The Morgan fingerprint density at radius 1 is 0.938 bits per heavy atom. The van der Waals surface area contributed by atoms with Crippen molar-refractivity contribution in [2.75, 3.05) is 5.73 Å². The van der Waals surface area contributed by atoms with Gasteiger partial charge in [0.1, 0.15) is 23.1 Å². The fourth-order valence-electron chi connectivity index (χ4n) is 3.70. The summed E-state index contributed by atoms with van der Waals surface area (Å²) in [6, 6.07) is 21.4. The van der Waals surface area contributed by atoms with Gasteiger partial charge in [-0.3, -0.25) is 9.55 Å². The molecule has 0 aliphatic carbocycles. The smallest absolute Gasteiger partial charge is 0.165 e. The first-order valence-corrected chi connectivity index (χ1v) is 10.2. The Kier molecular flexibility index (Phi) is 4.81. The van der Waals surface area contributed by atoms with E-state index in [0.717, 1.165) is 17.7 Å². The Morgan fingerprint density at radius 3 is 2.47 bits per heavy atom. The number of nitrogens with two attached hydrogens (primary N) is 1. The highest BCUT2D eigenvalue weighted by molar-refractivity contribution is 5.84. The van der Waals surface area contributed by atoms with Gasteiger partial charge in [0, 0.05) is 18.1 Å². The van der Waals surface area contributed by atoms with Gasteiger partial charge in [-0.25, -0.2) is 15.0 Å². The number of nitrogens with zero attached hydrogens (tertiary/aromatic N) is 6. The predicted octanol–water partition coefficient (Wildman–Crippen LogP) is 4.56. The van der Waals surface area contributed by atoms with Crippen molar-refractivity contribution in [3.63, 3.8) is 0 Å². The minimum Gasteiger partial charge on any atom is -0.383 e. The lowest BCUT2D eigenvalue weighted by molar-refractivity contribution is 1.06. The first-order valence-electron chi connectivity index (χ1n) is 10.2. The third kappa shape index (κ3) is 3.24. The quantitative estimate of drug-likeness (QED) is 0.459. The summed E-state index contributed by atoms with van der Waals surface area (Å²) >= 11 is 0. The van der Waals surface area contributed by atoms with E-state index < -0.39 is 0 Å². The third-order valence-electron chi connectivity index (χ3n) is 5.36. The number of hydrogen-bond donors (Lipinski definition) is 1. The molecule has 32 heavy (non-hydrogen) atoms. The second kappa shape index (κ2) is 7.93. The lowest BCUT2D eigenvalue weighted by Crippen LogP contribution is -2.02. The summed E-state index contributed by atoms with van der Waals surface area (Å²) in [7, 11) is 0. The first kappa shape index (κ1) is 19.4. The number of hydrogen-bond acceptors (Lipinski definition) is 6. The largest absolute Gasteiger partial charge is 0.383 e. The summed E-state index contributed by atoms with van der Waals surface area (Å²) < 4.78 is 1.97. The van der Waals surface area contributed by atoms with E-state index in [4.69, 9.17) is 15.7 Å². The zero-order valence-corrected chi connectivity index (χ0v) is 17.4. The molecule has 0 bridgehead atoms. The Labute approximate surface area is 184 Å². The van der Waals surface area contributed by atoms with E-state index >= 15 is 0 Å². The van der Waals surface area contributed by atoms with Crippen LogP contribution in [0.4, 0.5) is 5.82 Å². The molecule has 0 aliphatic rings. The fraction of sp³-hybridized carbons (Fsp3) is 0.0800. The van der Waals surface area contributed by atoms with Crippen molar-refractivity contribution in [1.29, 1.82) is 5.26 Å². The number of fused-ring (bicyclic) bond motifs is 1. The van der Waals surface area contributed by atoms with Crippen molar-refractivity contribution in [3.05, 3.63) is 84.2 Å². The molecule has 0 aliphatic heterocycles. The minimum absolute atomic E-state index is 0.394. The molecule has 5 aromatic rings. The lowest BCUT2D eigenvalue weighted by Gasteiger charge is -2.11. The highest BCUT2D eigenvalue weighted by Gasteiger charge is 2.19. The van der Waals surface area contributed by atoms with Crippen molar-refractivity contribution >= 4 is 17.0 Å². The number of imidazole rings is 1. The van der Waals surface area contributed by atoms with E-state index in [1.54, 1.807) is 24.5 Å². The van der Waals surface area contributed by atoms with Crippen LogP contribution < -0.4 is 5.73 Å². The summed E-state index contributed by atoms with van der Waals surface area (Å²) in [5.74, 6) is 1.05. The first-order chi connectivity index (χ1) is 15.7. The molecule has 154 valence electrons. The van der Waals surface area contributed by atoms with Crippen molar-refractivity contribution < 1.29 is 0 Å². The lowest BCUT2D eigenvalue weighted by atomic mass is 10.1. The molecule has 4 heterocycles. The number of nitriles is 1. The van der Waals surface area contributed by atoms with Gasteiger partial charge in [-0.15, -0.1) is 0 Å². The van der Waals surface area contributed by atoms with Crippen LogP contribution >= 0.6 is 0 Å². The Bertz CT molecular complexity index is 1480. The van der Waals surface area contributed by atoms with Crippen molar-refractivity contribution in [2.24, 2.45) is 0 Å². The third-order valence-corrected chi connectivity index (χ3v) is 5.36. The van der Waals surface area contributed by atoms with E-state index in [9.17, 15) is 5.26 Å². The molecular weight excluding hydrogens is 398 g/mol. The number of pyridine rings is 3. The molecule has 0 fully saturated rings. The van der Waals surface area contributed by atoms with Gasteiger partial charge in [-0.1, -0.05) is 19.1 Å². The highest BCUT2D eigenvalue weighted by atomic mass is 15.1. The molecular formula is C25H19N7. The number of rotatable bonds is 4. The molecule has 4 aromatic heterocycles. The van der Waals surface area contributed by atoms with Crippen molar-refractivity contribution in [3.8, 4) is 34.5 Å². The Morgan fingerprint density at radius 2 is 1.72 bits per heavy atom. The fourth-order valence-corrected chi connectivity index (χ4v) is 3.70. The molecule has 0 saturated carbocycles. The number of benzene rings is 1. The molecule has 0 spiro atoms. The summed E-state index contributed by atoms with van der Waals surface area (Å²) in [5, 5.41) is 9.50. The van der Waals surface area contributed by atoms with Gasteiger partial charge in [0.15, 0.2) is 11.5 Å². The molecule has 0 radical (unpaired) electrons. The molecule has 1 aromatic carbocycles. The maximum absolute atomic E-state index is 9.50. The van der Waals surface area contributed by atoms with Gasteiger partial charge in [-0.05, 0) is 60.5 Å². The number of nitrogen functional groups attached to an aromatic ring is 1. The summed E-state index contributed by atoms with van der Waals surface area (Å²) in [6.07, 6.45) is 4.26. The van der Waals surface area contributed by atoms with Crippen LogP contribution in [0.25, 0.3) is 39.6 Å². The van der Waals surface area contributed by atoms with Crippen LogP contribution in [0.2, 0.25) is 0 Å². The maximum Gasteiger partial charge on any atom is 0.165 e. The van der Waals surface area contributed by atoms with Crippen LogP contribution in [0.5, 0.6) is 0 Å². The van der Waals surface area contributed by atoms with E-state index in [1.165, 1.54) is 5.56 Å². The van der Waals surface area contributed by atoms with Crippen LogP contribution in [-0.2, 0) is 6.42 Å². The molecule has 0 saturated heterocycles. The molecule has 0 amide bonds. The average Bonchev–Trinajstić information content (AvgIpc) is 3.22. The molecule has 5 rings (SSSR count). The van der Waals surface area contributed by atoms with Gasteiger partial charge in [0.25, 0.3) is 0 Å². The maximum atomic E-state index is 9.50. The van der Waals surface area contributed by atoms with Crippen LogP contribution in [0, 0.1) is 11.3 Å². The highest BCUT2D eigenvalue weighted by Crippen LogP contribution is 2.31. The number of anilines is 1. The average molecular weight is 417 g/mol. The Balaban J connectivity index is 1.80. The van der Waals surface area contributed by atoms with Crippen molar-refractivity contribution in [2.45, 2.75) is 13.3 Å². The van der Waals surface area contributed by atoms with Crippen LogP contribution in [0.1, 0.15) is 18.1 Å². The standard InChI is InChI=1S/C25H19N7/c1-2-16-7-9-18(10-8-16)32-24(19-6-4-14-29-23(19)27)31-21-12-11-20(30-25(21)32)22-17(15-26)5-3-13-28-22/h3-14H,2H2,1H3,(H2,27,29). The SMILES string of the molecule is CCc1ccc(-n2c(-c3cccnc3N)nc3ccc(-c4ncccc4C#N)nc32)cc1. The van der Waals surface area contributed by atoms with E-state index in [0.29, 0.717) is 39.8 Å². The second-order valence-corrected chi connectivity index (χ2v) is 7.28. The molecule has 7 heteroatoms. The molecule has 7 nitrogen and oxygen atoms in total. The zero-order chi connectivity index (χ0) is 22.1. The number of aromatic nitrogens is 5. The normalized spacial score (nSPS) is 10.9. The second-order valence-electron chi connectivity index (χ2n) is 7.28. The zero-order valence-electron chi connectivity index (χ0n) is 17.4. The summed E-state index contributed by atoms with van der Waals surface area (Å²) in [5.41, 5.74) is 12.0. The monoisotopic (exact) mass is 417 g/mol. The molecule has 0 unspecified atom stereocenters. The van der Waals surface area contributed by atoms with E-state index in [1.807, 2.05) is 41.0 Å². The van der Waals surface area contributed by atoms with Crippen LogP contribution in [-0.4, -0.2) is 24.5 Å². The van der Waals surface area contributed by atoms with Gasteiger partial charge >= 0.3 is 0 Å². The van der Waals surface area contributed by atoms with E-state index in [-0.39, 0.29) is 0 Å². The minimum atomic E-state index is 0.394. The van der Waals surface area contributed by atoms with Gasteiger partial charge in [-0.2, -0.15) is 5.26 Å². The topological polar surface area (TPSA) is 106 Å². The summed E-state index contributed by atoms with van der Waals surface area (Å²) in [4.78, 5) is 18.3. The molecule has 2 N–H and O–H groups in total. The van der Waals surface area contributed by atoms with Gasteiger partial charge in [0.05, 0.1) is 16.8 Å². The molecule has 0 atom stereocenters.